The zero-order valence-corrected chi connectivity index (χ0v) is 12.8. The summed E-state index contributed by atoms with van der Waals surface area (Å²) < 4.78 is 1.79. The first-order valence-electron chi connectivity index (χ1n) is 7.76. The highest BCUT2D eigenvalue weighted by molar-refractivity contribution is 5.96. The Bertz CT molecular complexity index is 669. The summed E-state index contributed by atoms with van der Waals surface area (Å²) in [4.78, 5) is 29.3. The van der Waals surface area contributed by atoms with Crippen LogP contribution in [-0.2, 0) is 0 Å². The Kier molecular flexibility index (Phi) is 4.18. The molecule has 122 valence electrons. The lowest BCUT2D eigenvalue weighted by molar-refractivity contribution is 0.0919. The van der Waals surface area contributed by atoms with Crippen LogP contribution in [0.15, 0.2) is 30.5 Å². The standard InChI is InChI=1S/C16H20N4O3/c17-13-10-18-15(14(21)11-4-2-1-3-5-11)20(13)12-6-8-19(9-7-12)16(22)23/h1-4,10-12H,5-9,17H2,(H,22,23). The van der Waals surface area contributed by atoms with Crippen molar-refractivity contribution in [1.82, 2.24) is 14.5 Å². The van der Waals surface area contributed by atoms with Gasteiger partial charge in [0.25, 0.3) is 0 Å². The molecule has 7 heteroatoms. The number of nitrogen functional groups attached to an aromatic ring is 1. The number of imidazole rings is 1. The second-order valence-electron chi connectivity index (χ2n) is 5.90. The van der Waals surface area contributed by atoms with E-state index in [1.165, 1.54) is 11.1 Å². The molecule has 1 aromatic heterocycles. The highest BCUT2D eigenvalue weighted by atomic mass is 16.4. The molecular formula is C16H20N4O3. The number of nitrogens with zero attached hydrogens (tertiary/aromatic N) is 3. The third-order valence-electron chi connectivity index (χ3n) is 4.46. The first-order valence-corrected chi connectivity index (χ1v) is 7.76. The Labute approximate surface area is 134 Å². The molecule has 1 unspecified atom stereocenters. The number of carbonyl (C=O) groups excluding carboxylic acids is 1. The zero-order chi connectivity index (χ0) is 16.4. The molecule has 1 saturated heterocycles. The molecule has 7 nitrogen and oxygen atoms in total. The Morgan fingerprint density at radius 2 is 2.00 bits per heavy atom. The number of aromatic nitrogens is 2. The van der Waals surface area contributed by atoms with Crippen molar-refractivity contribution >= 4 is 17.7 Å². The maximum absolute atomic E-state index is 12.7. The highest BCUT2D eigenvalue weighted by Gasteiger charge is 2.30. The Morgan fingerprint density at radius 3 is 2.61 bits per heavy atom. The summed E-state index contributed by atoms with van der Waals surface area (Å²) in [6.45, 7) is 0.884. The second kappa shape index (κ2) is 6.28. The third kappa shape index (κ3) is 2.99. The summed E-state index contributed by atoms with van der Waals surface area (Å²) in [5, 5.41) is 9.04. The first kappa shape index (κ1) is 15.3. The molecule has 0 radical (unpaired) electrons. The lowest BCUT2D eigenvalue weighted by atomic mass is 9.95. The van der Waals surface area contributed by atoms with Gasteiger partial charge in [0.15, 0.2) is 5.82 Å². The summed E-state index contributed by atoms with van der Waals surface area (Å²) in [6.07, 6.45) is 10.2. The van der Waals surface area contributed by atoms with Crippen LogP contribution in [0.5, 0.6) is 0 Å². The summed E-state index contributed by atoms with van der Waals surface area (Å²) in [5.74, 6) is 0.585. The van der Waals surface area contributed by atoms with Crippen LogP contribution < -0.4 is 5.73 Å². The van der Waals surface area contributed by atoms with Gasteiger partial charge in [0.05, 0.1) is 6.20 Å². The van der Waals surface area contributed by atoms with Gasteiger partial charge in [-0.1, -0.05) is 24.3 Å². The van der Waals surface area contributed by atoms with E-state index in [2.05, 4.69) is 4.98 Å². The van der Waals surface area contributed by atoms with Crippen molar-refractivity contribution in [3.8, 4) is 0 Å². The monoisotopic (exact) mass is 316 g/mol. The lowest BCUT2D eigenvalue weighted by Gasteiger charge is -2.32. The molecule has 3 rings (SSSR count). The van der Waals surface area contributed by atoms with Gasteiger partial charge in [-0.2, -0.15) is 0 Å². The van der Waals surface area contributed by atoms with Gasteiger partial charge in [-0.15, -0.1) is 0 Å². The van der Waals surface area contributed by atoms with Gasteiger partial charge in [-0.25, -0.2) is 9.78 Å². The molecule has 1 aromatic rings. The smallest absolute Gasteiger partial charge is 0.407 e. The number of rotatable bonds is 3. The van der Waals surface area contributed by atoms with Crippen LogP contribution in [0.3, 0.4) is 0 Å². The third-order valence-corrected chi connectivity index (χ3v) is 4.46. The largest absolute Gasteiger partial charge is 0.465 e. The number of piperidine rings is 1. The van der Waals surface area contributed by atoms with Gasteiger partial charge in [0.2, 0.25) is 5.78 Å². The minimum absolute atomic E-state index is 0.00941. The predicted molar refractivity (Wildman–Crippen MR) is 85.2 cm³/mol. The van der Waals surface area contributed by atoms with Gasteiger partial charge >= 0.3 is 6.09 Å². The topological polar surface area (TPSA) is 101 Å². The van der Waals surface area contributed by atoms with E-state index in [9.17, 15) is 9.59 Å². The van der Waals surface area contributed by atoms with Gasteiger partial charge in [-0.3, -0.25) is 4.79 Å². The van der Waals surface area contributed by atoms with Gasteiger partial charge < -0.3 is 20.3 Å². The fourth-order valence-electron chi connectivity index (χ4n) is 3.20. The normalized spacial score (nSPS) is 21.6. The number of Topliss-reactive ketones (excluding diaryl/α,β-unsaturated/α-hetero) is 1. The molecule has 1 atom stereocenters. The van der Waals surface area contributed by atoms with Crippen LogP contribution in [0, 0.1) is 5.92 Å². The van der Waals surface area contributed by atoms with E-state index in [1.807, 2.05) is 24.3 Å². The summed E-state index contributed by atoms with van der Waals surface area (Å²) in [7, 11) is 0. The molecule has 3 N–H and O–H groups in total. The summed E-state index contributed by atoms with van der Waals surface area (Å²) in [5.41, 5.74) is 6.02. The number of ketones is 1. The molecule has 1 fully saturated rings. The van der Waals surface area contributed by atoms with Crippen molar-refractivity contribution in [2.24, 2.45) is 5.92 Å². The number of likely N-dealkylation sites (tertiary alicyclic amines) is 1. The van der Waals surface area contributed by atoms with E-state index >= 15 is 0 Å². The number of anilines is 1. The minimum atomic E-state index is -0.905. The maximum atomic E-state index is 12.7. The van der Waals surface area contributed by atoms with E-state index in [0.29, 0.717) is 44.0 Å². The zero-order valence-electron chi connectivity index (χ0n) is 12.8. The van der Waals surface area contributed by atoms with E-state index in [4.69, 9.17) is 10.8 Å². The van der Waals surface area contributed by atoms with Crippen molar-refractivity contribution < 1.29 is 14.7 Å². The molecule has 2 aliphatic rings. The maximum Gasteiger partial charge on any atom is 0.407 e. The van der Waals surface area contributed by atoms with Gasteiger partial charge in [-0.05, 0) is 19.3 Å². The van der Waals surface area contributed by atoms with E-state index in [0.717, 1.165) is 0 Å². The number of allylic oxidation sites excluding steroid dienone is 4. The Morgan fingerprint density at radius 1 is 1.26 bits per heavy atom. The average molecular weight is 316 g/mol. The Hall–Kier alpha value is -2.57. The second-order valence-corrected chi connectivity index (χ2v) is 5.90. The van der Waals surface area contributed by atoms with Crippen LogP contribution in [0.2, 0.25) is 0 Å². The minimum Gasteiger partial charge on any atom is -0.465 e. The lowest BCUT2D eigenvalue weighted by Crippen LogP contribution is -2.39. The summed E-state index contributed by atoms with van der Waals surface area (Å²) >= 11 is 0. The first-order chi connectivity index (χ1) is 11.1. The van der Waals surface area contributed by atoms with E-state index in [-0.39, 0.29) is 17.7 Å². The number of carboxylic acid groups (broad SMARTS) is 1. The molecular weight excluding hydrogens is 296 g/mol. The number of amides is 1. The number of hydrogen-bond donors (Lipinski definition) is 2. The molecule has 2 heterocycles. The molecule has 0 bridgehead atoms. The van der Waals surface area contributed by atoms with Crippen LogP contribution in [0.25, 0.3) is 0 Å². The molecule has 0 saturated carbocycles. The number of nitrogens with two attached hydrogens (primary N) is 1. The van der Waals surface area contributed by atoms with E-state index < -0.39 is 6.09 Å². The van der Waals surface area contributed by atoms with Crippen molar-refractivity contribution in [2.45, 2.75) is 25.3 Å². The van der Waals surface area contributed by atoms with Crippen LogP contribution in [0.1, 0.15) is 35.9 Å². The van der Waals surface area contributed by atoms with Crippen LogP contribution >= 0.6 is 0 Å². The fraction of sp³-hybridized carbons (Fsp3) is 0.438. The van der Waals surface area contributed by atoms with Crippen molar-refractivity contribution in [3.63, 3.8) is 0 Å². The van der Waals surface area contributed by atoms with Crippen LogP contribution in [-0.4, -0.2) is 44.5 Å². The van der Waals surface area contributed by atoms with Gasteiger partial charge in [0.1, 0.15) is 5.82 Å². The quantitative estimate of drug-likeness (QED) is 0.831. The molecule has 1 amide bonds. The number of hydrogen-bond acceptors (Lipinski definition) is 4. The van der Waals surface area contributed by atoms with Crippen LogP contribution in [0.4, 0.5) is 10.6 Å². The average Bonchev–Trinajstić information content (AvgIpc) is 2.96. The van der Waals surface area contributed by atoms with E-state index in [1.54, 1.807) is 4.57 Å². The molecule has 1 aliphatic heterocycles. The molecule has 1 aliphatic carbocycles. The SMILES string of the molecule is Nc1cnc(C(=O)C2C=CC=CC2)n1C1CCN(C(=O)O)CC1. The molecule has 0 aromatic carbocycles. The van der Waals surface area contributed by atoms with Crippen molar-refractivity contribution in [3.05, 3.63) is 36.3 Å². The Balaban J connectivity index is 1.79. The number of carbonyl (C=O) groups is 2. The van der Waals surface area contributed by atoms with Crippen molar-refractivity contribution in [1.29, 1.82) is 0 Å². The molecule has 0 spiro atoms. The van der Waals surface area contributed by atoms with Gasteiger partial charge in [0, 0.05) is 25.0 Å². The highest BCUT2D eigenvalue weighted by Crippen LogP contribution is 2.29. The fourth-order valence-corrected chi connectivity index (χ4v) is 3.20. The summed E-state index contributed by atoms with van der Waals surface area (Å²) in [6, 6.07) is 0.00941. The predicted octanol–water partition coefficient (Wildman–Crippen LogP) is 2.10. The molecule has 23 heavy (non-hydrogen) atoms. The van der Waals surface area contributed by atoms with Crippen molar-refractivity contribution in [2.75, 3.05) is 18.8 Å².